The van der Waals surface area contributed by atoms with Gasteiger partial charge in [0.25, 0.3) is 5.91 Å². The van der Waals surface area contributed by atoms with Crippen molar-refractivity contribution in [3.8, 4) is 0 Å². The Morgan fingerprint density at radius 3 is 2.50 bits per heavy atom. The number of rotatable bonds is 3. The van der Waals surface area contributed by atoms with Crippen molar-refractivity contribution in [3.63, 3.8) is 0 Å². The van der Waals surface area contributed by atoms with Crippen LogP contribution < -0.4 is 4.90 Å². The first-order chi connectivity index (χ1) is 9.50. The fraction of sp³-hybridized carbons (Fsp3) is 0.0714. The molecule has 1 heterocycles. The Labute approximate surface area is 120 Å². The Morgan fingerprint density at radius 1 is 1.20 bits per heavy atom. The Morgan fingerprint density at radius 2 is 1.90 bits per heavy atom. The van der Waals surface area contributed by atoms with E-state index in [0.717, 1.165) is 0 Å². The molecule has 0 unspecified atom stereocenters. The van der Waals surface area contributed by atoms with E-state index in [0.29, 0.717) is 11.3 Å². The van der Waals surface area contributed by atoms with Gasteiger partial charge in [-0.3, -0.25) is 4.79 Å². The van der Waals surface area contributed by atoms with Gasteiger partial charge in [0.2, 0.25) is 0 Å². The molecule has 6 heteroatoms. The molecule has 0 aliphatic carbocycles. The molecule has 0 aliphatic heterocycles. The van der Waals surface area contributed by atoms with Crippen molar-refractivity contribution >= 4 is 29.2 Å². The zero-order valence-electron chi connectivity index (χ0n) is 10.6. The molecule has 0 bridgehead atoms. The minimum absolute atomic E-state index is 0.0604. The van der Waals surface area contributed by atoms with Gasteiger partial charge in [-0.05, 0) is 24.3 Å². The maximum absolute atomic E-state index is 12.3. The average Bonchev–Trinajstić information content (AvgIpc) is 2.46. The zero-order valence-corrected chi connectivity index (χ0v) is 11.3. The van der Waals surface area contributed by atoms with Crippen LogP contribution in [0.15, 0.2) is 42.6 Å². The number of pyridine rings is 1. The molecule has 1 aromatic heterocycles. The van der Waals surface area contributed by atoms with E-state index in [2.05, 4.69) is 4.98 Å². The molecule has 5 nitrogen and oxygen atoms in total. The first kappa shape index (κ1) is 14.0. The first-order valence-corrected chi connectivity index (χ1v) is 6.10. The highest BCUT2D eigenvalue weighted by Crippen LogP contribution is 2.21. The number of anilines is 1. The highest BCUT2D eigenvalue weighted by Gasteiger charge is 2.19. The molecule has 2 rings (SSSR count). The number of carbonyl (C=O) groups is 2. The van der Waals surface area contributed by atoms with Crippen molar-refractivity contribution < 1.29 is 14.7 Å². The van der Waals surface area contributed by atoms with Crippen molar-refractivity contribution in [1.82, 2.24) is 4.98 Å². The third-order valence-corrected chi connectivity index (χ3v) is 3.00. The summed E-state index contributed by atoms with van der Waals surface area (Å²) in [4.78, 5) is 28.6. The number of benzene rings is 1. The monoisotopic (exact) mass is 290 g/mol. The normalized spacial score (nSPS) is 10.1. The number of nitrogens with zero attached hydrogens (tertiary/aromatic N) is 2. The fourth-order valence-electron chi connectivity index (χ4n) is 1.75. The average molecular weight is 291 g/mol. The van der Waals surface area contributed by atoms with E-state index < -0.39 is 5.97 Å². The number of aromatic nitrogens is 1. The topological polar surface area (TPSA) is 70.5 Å². The maximum Gasteiger partial charge on any atom is 0.337 e. The van der Waals surface area contributed by atoms with E-state index in [1.807, 2.05) is 0 Å². The number of carbonyl (C=O) groups excluding carboxylic acids is 1. The predicted molar refractivity (Wildman–Crippen MR) is 75.4 cm³/mol. The van der Waals surface area contributed by atoms with Gasteiger partial charge in [0.15, 0.2) is 0 Å². The molecule has 0 saturated carbocycles. The summed E-state index contributed by atoms with van der Waals surface area (Å²) in [6.45, 7) is 0. The number of para-hydroxylation sites is 1. The summed E-state index contributed by atoms with van der Waals surface area (Å²) in [5.41, 5.74) is 0.710. The van der Waals surface area contributed by atoms with E-state index in [1.165, 1.54) is 36.3 Å². The van der Waals surface area contributed by atoms with Crippen LogP contribution in [0.1, 0.15) is 20.7 Å². The molecular formula is C14H11ClN2O3. The van der Waals surface area contributed by atoms with Crippen LogP contribution in [0.25, 0.3) is 0 Å². The molecular weight excluding hydrogens is 280 g/mol. The lowest BCUT2D eigenvalue weighted by atomic mass is 10.1. The van der Waals surface area contributed by atoms with Gasteiger partial charge < -0.3 is 10.0 Å². The van der Waals surface area contributed by atoms with Crippen LogP contribution in [0.3, 0.4) is 0 Å². The molecule has 102 valence electrons. The van der Waals surface area contributed by atoms with Crippen LogP contribution in [0, 0.1) is 0 Å². The molecule has 1 aromatic carbocycles. The molecule has 0 radical (unpaired) electrons. The fourth-order valence-corrected chi connectivity index (χ4v) is 1.86. The molecule has 0 saturated heterocycles. The van der Waals surface area contributed by atoms with E-state index in [1.54, 1.807) is 18.2 Å². The van der Waals surface area contributed by atoms with Gasteiger partial charge in [-0.2, -0.15) is 0 Å². The van der Waals surface area contributed by atoms with Crippen molar-refractivity contribution in [2.24, 2.45) is 0 Å². The van der Waals surface area contributed by atoms with E-state index >= 15 is 0 Å². The van der Waals surface area contributed by atoms with Crippen molar-refractivity contribution in [1.29, 1.82) is 0 Å². The SMILES string of the molecule is CN(C(=O)c1ccc(Cl)nc1)c1ccccc1C(=O)O. The van der Waals surface area contributed by atoms with Gasteiger partial charge in [0.1, 0.15) is 5.15 Å². The summed E-state index contributed by atoms with van der Waals surface area (Å²) in [6, 6.07) is 9.34. The number of amides is 1. The summed E-state index contributed by atoms with van der Waals surface area (Å²) < 4.78 is 0. The second-order valence-corrected chi connectivity index (χ2v) is 4.44. The van der Waals surface area contributed by atoms with Crippen LogP contribution in [-0.2, 0) is 0 Å². The summed E-state index contributed by atoms with van der Waals surface area (Å²) in [5, 5.41) is 9.42. The maximum atomic E-state index is 12.3. The second-order valence-electron chi connectivity index (χ2n) is 4.06. The van der Waals surface area contributed by atoms with Gasteiger partial charge in [0.05, 0.1) is 16.8 Å². The molecule has 1 N–H and O–H groups in total. The van der Waals surface area contributed by atoms with Gasteiger partial charge in [0, 0.05) is 13.2 Å². The standard InChI is InChI=1S/C14H11ClN2O3/c1-17(11-5-3-2-4-10(11)14(19)20)13(18)9-6-7-12(15)16-8-9/h2-8H,1H3,(H,19,20). The lowest BCUT2D eigenvalue weighted by Crippen LogP contribution is -2.28. The van der Waals surface area contributed by atoms with Gasteiger partial charge >= 0.3 is 5.97 Å². The van der Waals surface area contributed by atoms with E-state index in [4.69, 9.17) is 16.7 Å². The van der Waals surface area contributed by atoms with Gasteiger partial charge in [-0.25, -0.2) is 9.78 Å². The van der Waals surface area contributed by atoms with Crippen molar-refractivity contribution in [2.75, 3.05) is 11.9 Å². The number of hydrogen-bond acceptors (Lipinski definition) is 3. The van der Waals surface area contributed by atoms with Crippen LogP contribution >= 0.6 is 11.6 Å². The largest absolute Gasteiger partial charge is 0.478 e. The summed E-state index contributed by atoms with van der Waals surface area (Å²) in [6.07, 6.45) is 1.35. The Hall–Kier alpha value is -2.40. The Kier molecular flexibility index (Phi) is 4.00. The first-order valence-electron chi connectivity index (χ1n) is 5.72. The number of halogens is 1. The third kappa shape index (κ3) is 2.78. The van der Waals surface area contributed by atoms with Crippen LogP contribution in [0.5, 0.6) is 0 Å². The molecule has 0 spiro atoms. The second kappa shape index (κ2) is 5.71. The molecule has 2 aromatic rings. The Bertz CT molecular complexity index is 656. The number of carboxylic acids is 1. The molecule has 1 amide bonds. The minimum Gasteiger partial charge on any atom is -0.478 e. The number of carboxylic acid groups (broad SMARTS) is 1. The zero-order chi connectivity index (χ0) is 14.7. The summed E-state index contributed by atoms with van der Waals surface area (Å²) in [7, 11) is 1.51. The van der Waals surface area contributed by atoms with Crippen molar-refractivity contribution in [3.05, 3.63) is 58.9 Å². The van der Waals surface area contributed by atoms with Gasteiger partial charge in [-0.1, -0.05) is 23.7 Å². The van der Waals surface area contributed by atoms with Crippen LogP contribution in [0.2, 0.25) is 5.15 Å². The summed E-state index contributed by atoms with van der Waals surface area (Å²) >= 11 is 5.67. The predicted octanol–water partition coefficient (Wildman–Crippen LogP) is 2.71. The Balaban J connectivity index is 2.36. The number of aromatic carboxylic acids is 1. The highest BCUT2D eigenvalue weighted by molar-refractivity contribution is 6.29. The van der Waals surface area contributed by atoms with Crippen LogP contribution in [0.4, 0.5) is 5.69 Å². The quantitative estimate of drug-likeness (QED) is 0.882. The van der Waals surface area contributed by atoms with Gasteiger partial charge in [-0.15, -0.1) is 0 Å². The minimum atomic E-state index is -1.09. The molecule has 0 aliphatic rings. The lowest BCUT2D eigenvalue weighted by molar-refractivity contribution is 0.0697. The van der Waals surface area contributed by atoms with E-state index in [-0.39, 0.29) is 16.6 Å². The van der Waals surface area contributed by atoms with E-state index in [9.17, 15) is 9.59 Å². The summed E-state index contributed by atoms with van der Waals surface area (Å²) in [5.74, 6) is -1.45. The molecule has 20 heavy (non-hydrogen) atoms. The number of hydrogen-bond donors (Lipinski definition) is 1. The third-order valence-electron chi connectivity index (χ3n) is 2.77. The van der Waals surface area contributed by atoms with Crippen LogP contribution in [-0.4, -0.2) is 29.0 Å². The molecule has 0 atom stereocenters. The molecule has 0 fully saturated rings. The lowest BCUT2D eigenvalue weighted by Gasteiger charge is -2.19. The smallest absolute Gasteiger partial charge is 0.337 e. The van der Waals surface area contributed by atoms with Crippen molar-refractivity contribution in [2.45, 2.75) is 0 Å². The highest BCUT2D eigenvalue weighted by atomic mass is 35.5.